The minimum Gasteiger partial charge on any atom is -0.341 e. The summed E-state index contributed by atoms with van der Waals surface area (Å²) in [6, 6.07) is 6.09. The van der Waals surface area contributed by atoms with Crippen LogP contribution in [0.15, 0.2) is 18.2 Å². The van der Waals surface area contributed by atoms with Gasteiger partial charge >= 0.3 is 0 Å². The van der Waals surface area contributed by atoms with Gasteiger partial charge in [0.15, 0.2) is 5.78 Å². The van der Waals surface area contributed by atoms with Gasteiger partial charge in [-0.1, -0.05) is 12.1 Å². The Morgan fingerprint density at radius 1 is 1.14 bits per heavy atom. The van der Waals surface area contributed by atoms with Crippen molar-refractivity contribution >= 4 is 11.7 Å². The van der Waals surface area contributed by atoms with E-state index in [0.29, 0.717) is 19.4 Å². The van der Waals surface area contributed by atoms with Crippen LogP contribution in [0, 0.1) is 0 Å². The van der Waals surface area contributed by atoms with Gasteiger partial charge in [0.1, 0.15) is 0 Å². The van der Waals surface area contributed by atoms with Crippen LogP contribution in [-0.4, -0.2) is 35.7 Å². The molecule has 1 amide bonds. The Bertz CT molecular complexity index is 582. The molecule has 1 aliphatic heterocycles. The normalized spacial score (nSPS) is 20.8. The number of nitrogens with zero attached hydrogens (tertiary/aromatic N) is 1. The summed E-state index contributed by atoms with van der Waals surface area (Å²) < 4.78 is 0. The van der Waals surface area contributed by atoms with Gasteiger partial charge in [-0.05, 0) is 49.3 Å². The van der Waals surface area contributed by atoms with Crippen LogP contribution in [0.5, 0.6) is 0 Å². The number of ketones is 1. The summed E-state index contributed by atoms with van der Waals surface area (Å²) in [4.78, 5) is 26.3. The first-order valence-corrected chi connectivity index (χ1v) is 8.32. The van der Waals surface area contributed by atoms with Gasteiger partial charge in [-0.3, -0.25) is 9.59 Å². The summed E-state index contributed by atoms with van der Waals surface area (Å²) >= 11 is 0. The Morgan fingerprint density at radius 2 is 1.95 bits per heavy atom. The molecule has 1 aromatic rings. The largest absolute Gasteiger partial charge is 0.341 e. The van der Waals surface area contributed by atoms with E-state index >= 15 is 0 Å². The van der Waals surface area contributed by atoms with Crippen molar-refractivity contribution in [3.8, 4) is 0 Å². The number of amides is 1. The quantitative estimate of drug-likeness (QED) is 0.866. The van der Waals surface area contributed by atoms with E-state index in [-0.39, 0.29) is 17.7 Å². The fourth-order valence-electron chi connectivity index (χ4n) is 3.50. The van der Waals surface area contributed by atoms with E-state index < -0.39 is 0 Å². The molecule has 4 heteroatoms. The molecule has 1 aliphatic carbocycles. The number of carbonyl (C=O) groups excluding carboxylic acids is 2. The number of hydrogen-bond acceptors (Lipinski definition) is 3. The maximum absolute atomic E-state index is 12.3. The number of hydrogen-bond donors (Lipinski definition) is 1. The molecule has 118 valence electrons. The number of piperidine rings is 1. The van der Waals surface area contributed by atoms with Crippen molar-refractivity contribution in [2.75, 3.05) is 13.1 Å². The number of Topliss-reactive ketones (excluding diaryl/α,β-unsaturated/α-hetero) is 1. The number of fused-ring (bicyclic) bond motifs is 1. The number of carbonyl (C=O) groups is 2. The highest BCUT2D eigenvalue weighted by molar-refractivity contribution is 5.98. The fraction of sp³-hybridized carbons (Fsp3) is 0.556. The summed E-state index contributed by atoms with van der Waals surface area (Å²) in [5.41, 5.74) is 9.33. The van der Waals surface area contributed by atoms with Gasteiger partial charge in [0.2, 0.25) is 5.91 Å². The highest BCUT2D eigenvalue weighted by Crippen LogP contribution is 2.23. The van der Waals surface area contributed by atoms with Gasteiger partial charge in [0.05, 0.1) is 0 Å². The Labute approximate surface area is 131 Å². The maximum Gasteiger partial charge on any atom is 0.223 e. The zero-order chi connectivity index (χ0) is 15.5. The fourth-order valence-corrected chi connectivity index (χ4v) is 3.50. The average Bonchev–Trinajstić information content (AvgIpc) is 2.99. The predicted octanol–water partition coefficient (Wildman–Crippen LogP) is 2.09. The lowest BCUT2D eigenvalue weighted by molar-refractivity contribution is -0.132. The number of likely N-dealkylation sites (tertiary alicyclic amines) is 1. The average molecular weight is 300 g/mol. The van der Waals surface area contributed by atoms with Crippen LogP contribution < -0.4 is 5.73 Å². The number of nitrogens with two attached hydrogens (primary N) is 1. The topological polar surface area (TPSA) is 63.4 Å². The highest BCUT2D eigenvalue weighted by Gasteiger charge is 2.22. The van der Waals surface area contributed by atoms with Crippen LogP contribution in [0.25, 0.3) is 0 Å². The molecule has 1 atom stereocenters. The second-order valence-electron chi connectivity index (χ2n) is 6.50. The molecule has 1 heterocycles. The molecule has 0 saturated carbocycles. The van der Waals surface area contributed by atoms with Crippen molar-refractivity contribution in [2.24, 2.45) is 5.73 Å². The highest BCUT2D eigenvalue weighted by atomic mass is 16.2. The van der Waals surface area contributed by atoms with Gasteiger partial charge in [-0.15, -0.1) is 0 Å². The Morgan fingerprint density at radius 3 is 2.77 bits per heavy atom. The lowest BCUT2D eigenvalue weighted by Gasteiger charge is -2.30. The molecule has 2 N–H and O–H groups in total. The first kappa shape index (κ1) is 15.2. The summed E-state index contributed by atoms with van der Waals surface area (Å²) in [6.07, 6.45) is 5.91. The molecule has 0 aromatic heterocycles. The van der Waals surface area contributed by atoms with Crippen LogP contribution in [-0.2, 0) is 17.6 Å². The Hall–Kier alpha value is -1.68. The molecule has 2 aliphatic rings. The maximum atomic E-state index is 12.3. The van der Waals surface area contributed by atoms with Gasteiger partial charge in [0.25, 0.3) is 0 Å². The van der Waals surface area contributed by atoms with Crippen LogP contribution in [0.1, 0.15) is 53.6 Å². The SMILES string of the molecule is NC1CCCN(C(=O)CCC(=O)c2ccc3c(c2)CCC3)C1. The van der Waals surface area contributed by atoms with Crippen LogP contribution >= 0.6 is 0 Å². The lowest BCUT2D eigenvalue weighted by atomic mass is 10.0. The third-order valence-corrected chi connectivity index (χ3v) is 4.80. The van der Waals surface area contributed by atoms with E-state index in [0.717, 1.165) is 37.8 Å². The second-order valence-corrected chi connectivity index (χ2v) is 6.50. The monoisotopic (exact) mass is 300 g/mol. The molecular formula is C18H24N2O2. The van der Waals surface area contributed by atoms with Gasteiger partial charge in [-0.25, -0.2) is 0 Å². The van der Waals surface area contributed by atoms with E-state index in [2.05, 4.69) is 6.07 Å². The molecule has 3 rings (SSSR count). The zero-order valence-electron chi connectivity index (χ0n) is 13.0. The standard InChI is InChI=1S/C18H24N2O2/c19-16-5-2-10-20(12-16)18(22)9-8-17(21)15-7-6-13-3-1-4-14(13)11-15/h6-7,11,16H,1-5,8-10,12,19H2. The minimum absolute atomic E-state index is 0.0599. The molecule has 22 heavy (non-hydrogen) atoms. The number of benzene rings is 1. The summed E-state index contributed by atoms with van der Waals surface area (Å²) in [6.45, 7) is 1.41. The van der Waals surface area contributed by atoms with E-state index in [9.17, 15) is 9.59 Å². The molecule has 4 nitrogen and oxygen atoms in total. The molecule has 1 saturated heterocycles. The predicted molar refractivity (Wildman–Crippen MR) is 85.8 cm³/mol. The molecular weight excluding hydrogens is 276 g/mol. The Balaban J connectivity index is 1.54. The third-order valence-electron chi connectivity index (χ3n) is 4.80. The lowest BCUT2D eigenvalue weighted by Crippen LogP contribution is -2.45. The van der Waals surface area contributed by atoms with Crippen molar-refractivity contribution in [3.63, 3.8) is 0 Å². The third kappa shape index (κ3) is 3.38. The molecule has 1 fully saturated rings. The summed E-state index contributed by atoms with van der Waals surface area (Å²) in [5.74, 6) is 0.133. The van der Waals surface area contributed by atoms with Crippen molar-refractivity contribution < 1.29 is 9.59 Å². The van der Waals surface area contributed by atoms with E-state index in [1.165, 1.54) is 17.5 Å². The zero-order valence-corrected chi connectivity index (χ0v) is 13.0. The van der Waals surface area contributed by atoms with Crippen LogP contribution in [0.4, 0.5) is 0 Å². The molecule has 0 bridgehead atoms. The summed E-state index contributed by atoms with van der Waals surface area (Å²) in [7, 11) is 0. The first-order valence-electron chi connectivity index (χ1n) is 8.32. The van der Waals surface area contributed by atoms with E-state index in [4.69, 9.17) is 5.73 Å². The molecule has 1 unspecified atom stereocenters. The van der Waals surface area contributed by atoms with Gasteiger partial charge in [-0.2, -0.15) is 0 Å². The van der Waals surface area contributed by atoms with Crippen LogP contribution in [0.2, 0.25) is 0 Å². The summed E-state index contributed by atoms with van der Waals surface area (Å²) in [5, 5.41) is 0. The molecule has 1 aromatic carbocycles. The van der Waals surface area contributed by atoms with Crippen LogP contribution in [0.3, 0.4) is 0 Å². The minimum atomic E-state index is 0.0599. The number of rotatable bonds is 4. The second kappa shape index (κ2) is 6.61. The smallest absolute Gasteiger partial charge is 0.223 e. The van der Waals surface area contributed by atoms with Crippen molar-refractivity contribution in [3.05, 3.63) is 34.9 Å². The molecule has 0 spiro atoms. The van der Waals surface area contributed by atoms with E-state index in [1.807, 2.05) is 17.0 Å². The van der Waals surface area contributed by atoms with Crippen molar-refractivity contribution in [2.45, 2.75) is 51.0 Å². The van der Waals surface area contributed by atoms with Crippen molar-refractivity contribution in [1.29, 1.82) is 0 Å². The Kier molecular flexibility index (Phi) is 4.57. The van der Waals surface area contributed by atoms with Gasteiger partial charge < -0.3 is 10.6 Å². The van der Waals surface area contributed by atoms with Gasteiger partial charge in [0, 0.05) is 37.5 Å². The van der Waals surface area contributed by atoms with Crippen molar-refractivity contribution in [1.82, 2.24) is 4.90 Å². The first-order chi connectivity index (χ1) is 10.6. The molecule has 0 radical (unpaired) electrons. The van der Waals surface area contributed by atoms with E-state index in [1.54, 1.807) is 0 Å². The number of aryl methyl sites for hydroxylation is 2.